The maximum absolute atomic E-state index is 6.15. The summed E-state index contributed by atoms with van der Waals surface area (Å²) in [5.41, 5.74) is 13.3. The highest BCUT2D eigenvalue weighted by Gasteiger charge is 2.27. The van der Waals surface area contributed by atoms with E-state index in [0.29, 0.717) is 34.7 Å². The summed E-state index contributed by atoms with van der Waals surface area (Å²) in [6.45, 7) is 8.05. The van der Waals surface area contributed by atoms with E-state index in [1.54, 1.807) is 24.9 Å². The van der Waals surface area contributed by atoms with E-state index in [0.717, 1.165) is 24.5 Å². The highest BCUT2D eigenvalue weighted by molar-refractivity contribution is 8.00. The summed E-state index contributed by atoms with van der Waals surface area (Å²) < 4.78 is 11.1. The van der Waals surface area contributed by atoms with E-state index in [1.165, 1.54) is 0 Å². The monoisotopic (exact) mass is 297 g/mol. The van der Waals surface area contributed by atoms with Crippen LogP contribution < -0.4 is 20.9 Å². The first kappa shape index (κ1) is 15.1. The summed E-state index contributed by atoms with van der Waals surface area (Å²) in [5.74, 6) is 1.31. The van der Waals surface area contributed by atoms with Crippen molar-refractivity contribution in [1.29, 1.82) is 0 Å². The third-order valence-electron chi connectivity index (χ3n) is 3.54. The molecule has 1 aromatic carbocycles. The van der Waals surface area contributed by atoms with Gasteiger partial charge >= 0.3 is 0 Å². The summed E-state index contributed by atoms with van der Waals surface area (Å²) in [7, 11) is 1.60. The lowest BCUT2D eigenvalue weighted by atomic mass is 10.2. The molecule has 1 atom stereocenters. The number of thioether (sulfide) groups is 1. The van der Waals surface area contributed by atoms with E-state index >= 15 is 0 Å². The number of nitrogen functional groups attached to an aromatic ring is 2. The molecule has 0 bridgehead atoms. The van der Waals surface area contributed by atoms with Crippen LogP contribution in [0.4, 0.5) is 11.4 Å². The quantitative estimate of drug-likeness (QED) is 0.810. The molecule has 0 saturated carbocycles. The van der Waals surface area contributed by atoms with Gasteiger partial charge in [-0.2, -0.15) is 0 Å². The second-order valence-electron chi connectivity index (χ2n) is 4.78. The standard InChI is InChI=1S/C14H23N3O2S/c1-4-17(5-2)7-9-8-19-13-10(15)6-11(18-3)12(16)14(13)20-9/h6,9H,4-5,7-8,15-16H2,1-3H3. The van der Waals surface area contributed by atoms with Crippen LogP contribution in [0.15, 0.2) is 11.0 Å². The summed E-state index contributed by atoms with van der Waals surface area (Å²) in [5, 5.41) is 0.358. The van der Waals surface area contributed by atoms with Crippen molar-refractivity contribution in [2.45, 2.75) is 24.0 Å². The number of anilines is 2. The van der Waals surface area contributed by atoms with Gasteiger partial charge in [-0.25, -0.2) is 0 Å². The van der Waals surface area contributed by atoms with Gasteiger partial charge in [-0.15, -0.1) is 11.8 Å². The van der Waals surface area contributed by atoms with Crippen molar-refractivity contribution in [2.75, 3.05) is 44.8 Å². The van der Waals surface area contributed by atoms with Gasteiger partial charge in [0.25, 0.3) is 0 Å². The fourth-order valence-electron chi connectivity index (χ4n) is 2.32. The highest BCUT2D eigenvalue weighted by Crippen LogP contribution is 2.48. The van der Waals surface area contributed by atoms with Crippen LogP contribution in [-0.2, 0) is 0 Å². The number of rotatable bonds is 5. The smallest absolute Gasteiger partial charge is 0.158 e. The molecular formula is C14H23N3O2S. The van der Waals surface area contributed by atoms with Gasteiger partial charge in [0.1, 0.15) is 12.4 Å². The van der Waals surface area contributed by atoms with E-state index < -0.39 is 0 Å². The Hall–Kier alpha value is -1.27. The van der Waals surface area contributed by atoms with Crippen LogP contribution in [-0.4, -0.2) is 43.5 Å². The van der Waals surface area contributed by atoms with Crippen LogP contribution in [0, 0.1) is 0 Å². The summed E-state index contributed by atoms with van der Waals surface area (Å²) in [6, 6.07) is 1.72. The Bertz CT molecular complexity index is 478. The van der Waals surface area contributed by atoms with Crippen molar-refractivity contribution < 1.29 is 9.47 Å². The predicted octanol–water partition coefficient (Wildman–Crippen LogP) is 2.05. The van der Waals surface area contributed by atoms with Gasteiger partial charge in [-0.1, -0.05) is 13.8 Å². The van der Waals surface area contributed by atoms with Gasteiger partial charge < -0.3 is 25.8 Å². The maximum Gasteiger partial charge on any atom is 0.158 e. The second-order valence-corrected chi connectivity index (χ2v) is 6.09. The van der Waals surface area contributed by atoms with E-state index in [-0.39, 0.29) is 0 Å². The molecule has 2 rings (SSSR count). The number of nitrogens with two attached hydrogens (primary N) is 2. The van der Waals surface area contributed by atoms with Gasteiger partial charge in [0.2, 0.25) is 0 Å². The minimum atomic E-state index is 0.358. The summed E-state index contributed by atoms with van der Waals surface area (Å²) >= 11 is 1.73. The molecule has 20 heavy (non-hydrogen) atoms. The second kappa shape index (κ2) is 6.45. The highest BCUT2D eigenvalue weighted by atomic mass is 32.2. The molecular weight excluding hydrogens is 274 g/mol. The van der Waals surface area contributed by atoms with Crippen LogP contribution in [0.3, 0.4) is 0 Å². The lowest BCUT2D eigenvalue weighted by Crippen LogP contribution is -2.35. The Kier molecular flexibility index (Phi) is 4.88. The van der Waals surface area contributed by atoms with Gasteiger partial charge in [0, 0.05) is 12.6 Å². The average Bonchev–Trinajstić information content (AvgIpc) is 2.48. The first-order valence-corrected chi connectivity index (χ1v) is 7.76. The molecule has 0 fully saturated rings. The molecule has 5 nitrogen and oxygen atoms in total. The molecule has 0 aliphatic carbocycles. The fourth-order valence-corrected chi connectivity index (χ4v) is 3.59. The molecule has 0 spiro atoms. The van der Waals surface area contributed by atoms with E-state index in [2.05, 4.69) is 18.7 Å². The van der Waals surface area contributed by atoms with Crippen LogP contribution in [0.25, 0.3) is 0 Å². The number of ether oxygens (including phenoxy) is 2. The molecule has 1 aliphatic rings. The van der Waals surface area contributed by atoms with Gasteiger partial charge in [-0.3, -0.25) is 0 Å². The zero-order chi connectivity index (χ0) is 14.7. The molecule has 4 N–H and O–H groups in total. The largest absolute Gasteiger partial charge is 0.494 e. The van der Waals surface area contributed by atoms with Crippen LogP contribution in [0.2, 0.25) is 0 Å². The number of methoxy groups -OCH3 is 1. The molecule has 1 heterocycles. The van der Waals surface area contributed by atoms with E-state index in [1.807, 2.05) is 0 Å². The third-order valence-corrected chi connectivity index (χ3v) is 4.80. The summed E-state index contributed by atoms with van der Waals surface area (Å²) in [6.07, 6.45) is 0. The minimum Gasteiger partial charge on any atom is -0.494 e. The van der Waals surface area contributed by atoms with Crippen molar-refractivity contribution in [1.82, 2.24) is 4.90 Å². The number of hydrogen-bond donors (Lipinski definition) is 2. The zero-order valence-electron chi connectivity index (χ0n) is 12.3. The molecule has 1 unspecified atom stereocenters. The number of nitrogens with zero attached hydrogens (tertiary/aromatic N) is 1. The van der Waals surface area contributed by atoms with Crippen LogP contribution in [0.5, 0.6) is 11.5 Å². The summed E-state index contributed by atoms with van der Waals surface area (Å²) in [4.78, 5) is 3.29. The lowest BCUT2D eigenvalue weighted by molar-refractivity contribution is 0.248. The number of hydrogen-bond acceptors (Lipinski definition) is 6. The molecule has 6 heteroatoms. The number of fused-ring (bicyclic) bond motifs is 1. The SMILES string of the molecule is CCN(CC)CC1COc2c(N)cc(OC)c(N)c2S1. The van der Waals surface area contributed by atoms with Crippen molar-refractivity contribution in [3.63, 3.8) is 0 Å². The molecule has 0 amide bonds. The normalized spacial score (nSPS) is 17.7. The Labute approximate surface area is 124 Å². The molecule has 0 radical (unpaired) electrons. The zero-order valence-corrected chi connectivity index (χ0v) is 13.1. The maximum atomic E-state index is 6.15. The first-order chi connectivity index (χ1) is 9.60. The Morgan fingerprint density at radius 2 is 2.10 bits per heavy atom. The topological polar surface area (TPSA) is 73.7 Å². The fraction of sp³-hybridized carbons (Fsp3) is 0.571. The van der Waals surface area contributed by atoms with E-state index in [4.69, 9.17) is 20.9 Å². The average molecular weight is 297 g/mol. The number of benzene rings is 1. The van der Waals surface area contributed by atoms with Crippen molar-refractivity contribution in [2.24, 2.45) is 0 Å². The third kappa shape index (κ3) is 2.91. The molecule has 1 aliphatic heterocycles. The van der Waals surface area contributed by atoms with Gasteiger partial charge in [-0.05, 0) is 13.1 Å². The Morgan fingerprint density at radius 1 is 1.40 bits per heavy atom. The van der Waals surface area contributed by atoms with Gasteiger partial charge in [0.15, 0.2) is 5.75 Å². The molecule has 0 saturated heterocycles. The Balaban J connectivity index is 2.22. The first-order valence-electron chi connectivity index (χ1n) is 6.88. The van der Waals surface area contributed by atoms with Crippen LogP contribution in [0.1, 0.15) is 13.8 Å². The molecule has 112 valence electrons. The van der Waals surface area contributed by atoms with Gasteiger partial charge in [0.05, 0.1) is 28.6 Å². The van der Waals surface area contributed by atoms with E-state index in [9.17, 15) is 0 Å². The minimum absolute atomic E-state index is 0.358. The van der Waals surface area contributed by atoms with Crippen molar-refractivity contribution >= 4 is 23.1 Å². The predicted molar refractivity (Wildman–Crippen MR) is 84.7 cm³/mol. The Morgan fingerprint density at radius 3 is 2.70 bits per heavy atom. The van der Waals surface area contributed by atoms with Crippen molar-refractivity contribution in [3.8, 4) is 11.5 Å². The lowest BCUT2D eigenvalue weighted by Gasteiger charge is -2.30. The molecule has 1 aromatic rings. The molecule has 0 aromatic heterocycles. The van der Waals surface area contributed by atoms with Crippen LogP contribution >= 0.6 is 11.8 Å². The van der Waals surface area contributed by atoms with Crippen molar-refractivity contribution in [3.05, 3.63) is 6.07 Å².